The number of tetrazole rings is 1. The summed E-state index contributed by atoms with van der Waals surface area (Å²) in [5, 5.41) is 12.5. The standard InChI is InChI=1S/C21H25N7O/c1-25(2)14-19-16-11-15(18-9-6-10-20(29)27(18)19)12-26(13-16)21-22-23-24-28(21)17-7-4-3-5-8-17/h3-10,15-16,19H,11-14H2,1-2H3/t15-,16+,19+/m1/s1. The smallest absolute Gasteiger partial charge is 0.251 e. The Morgan fingerprint density at radius 2 is 1.90 bits per heavy atom. The van der Waals surface area contributed by atoms with Crippen LogP contribution in [0.2, 0.25) is 0 Å². The van der Waals surface area contributed by atoms with E-state index >= 15 is 0 Å². The van der Waals surface area contributed by atoms with Crippen molar-refractivity contribution in [1.29, 1.82) is 0 Å². The molecule has 3 atom stereocenters. The molecule has 8 heteroatoms. The van der Waals surface area contributed by atoms with Crippen molar-refractivity contribution in [3.8, 4) is 5.69 Å². The monoisotopic (exact) mass is 391 g/mol. The Morgan fingerprint density at radius 3 is 2.69 bits per heavy atom. The molecule has 1 aromatic carbocycles. The summed E-state index contributed by atoms with van der Waals surface area (Å²) in [7, 11) is 4.13. The van der Waals surface area contributed by atoms with Crippen LogP contribution in [-0.4, -0.2) is 63.4 Å². The highest BCUT2D eigenvalue weighted by atomic mass is 16.1. The van der Waals surface area contributed by atoms with Crippen molar-refractivity contribution in [3.05, 3.63) is 64.6 Å². The minimum Gasteiger partial charge on any atom is -0.338 e. The van der Waals surface area contributed by atoms with Crippen LogP contribution in [0.25, 0.3) is 5.69 Å². The molecule has 0 radical (unpaired) electrons. The molecule has 0 N–H and O–H groups in total. The first kappa shape index (κ1) is 18.1. The van der Waals surface area contributed by atoms with E-state index in [9.17, 15) is 4.79 Å². The van der Waals surface area contributed by atoms with Crippen LogP contribution in [0.3, 0.4) is 0 Å². The molecule has 3 aromatic rings. The topological polar surface area (TPSA) is 72.1 Å². The molecule has 4 heterocycles. The molecule has 5 rings (SSSR count). The van der Waals surface area contributed by atoms with E-state index in [2.05, 4.69) is 45.5 Å². The highest BCUT2D eigenvalue weighted by Crippen LogP contribution is 2.42. The van der Waals surface area contributed by atoms with Gasteiger partial charge in [0.15, 0.2) is 0 Å². The van der Waals surface area contributed by atoms with Crippen molar-refractivity contribution in [2.75, 3.05) is 38.6 Å². The minimum absolute atomic E-state index is 0.103. The number of hydrogen-bond donors (Lipinski definition) is 0. The number of pyridine rings is 1. The van der Waals surface area contributed by atoms with Crippen LogP contribution in [0.5, 0.6) is 0 Å². The Hall–Kier alpha value is -3.00. The average Bonchev–Trinajstić information content (AvgIpc) is 3.21. The summed E-state index contributed by atoms with van der Waals surface area (Å²) in [4.78, 5) is 17.2. The number of likely N-dealkylation sites (N-methyl/N-ethyl adjacent to an activating group) is 1. The van der Waals surface area contributed by atoms with E-state index in [-0.39, 0.29) is 11.6 Å². The van der Waals surface area contributed by atoms with Gasteiger partial charge in [0.25, 0.3) is 5.56 Å². The van der Waals surface area contributed by atoms with Gasteiger partial charge in [0.2, 0.25) is 5.95 Å². The minimum atomic E-state index is 0.103. The normalized spacial score (nSPS) is 23.3. The van der Waals surface area contributed by atoms with Gasteiger partial charge in [0.1, 0.15) is 0 Å². The van der Waals surface area contributed by atoms with Crippen LogP contribution in [0, 0.1) is 5.92 Å². The van der Waals surface area contributed by atoms with Crippen LogP contribution in [0.15, 0.2) is 53.3 Å². The number of benzene rings is 1. The molecule has 0 saturated carbocycles. The predicted octanol–water partition coefficient (Wildman–Crippen LogP) is 1.55. The number of para-hydroxylation sites is 1. The van der Waals surface area contributed by atoms with Crippen LogP contribution < -0.4 is 10.5 Å². The Morgan fingerprint density at radius 1 is 1.07 bits per heavy atom. The van der Waals surface area contributed by atoms with E-state index in [1.54, 1.807) is 10.7 Å². The fraction of sp³-hybridized carbons (Fsp3) is 0.429. The van der Waals surface area contributed by atoms with Gasteiger partial charge < -0.3 is 14.4 Å². The summed E-state index contributed by atoms with van der Waals surface area (Å²) in [6.45, 7) is 2.48. The number of anilines is 1. The zero-order valence-electron chi connectivity index (χ0n) is 16.7. The molecule has 29 heavy (non-hydrogen) atoms. The third kappa shape index (κ3) is 3.13. The Bertz CT molecular complexity index is 1060. The SMILES string of the molecule is CN(C)C[C@H]1[C@H]2C[C@H](CN(c3nnnn3-c3ccccc3)C2)c2cccc(=O)n21. The fourth-order valence-corrected chi connectivity index (χ4v) is 4.93. The number of piperidine rings is 1. The van der Waals surface area contributed by atoms with E-state index < -0.39 is 0 Å². The summed E-state index contributed by atoms with van der Waals surface area (Å²) in [5.74, 6) is 1.42. The van der Waals surface area contributed by atoms with Gasteiger partial charge in [-0.2, -0.15) is 4.68 Å². The Kier molecular flexibility index (Phi) is 4.43. The van der Waals surface area contributed by atoms with E-state index in [4.69, 9.17) is 0 Å². The van der Waals surface area contributed by atoms with E-state index in [0.717, 1.165) is 43.4 Å². The molecule has 1 saturated heterocycles. The van der Waals surface area contributed by atoms with Crippen LogP contribution in [0.4, 0.5) is 5.95 Å². The Balaban J connectivity index is 1.54. The molecular formula is C21H25N7O. The first-order valence-corrected chi connectivity index (χ1v) is 10.1. The number of rotatable bonds is 4. The summed E-state index contributed by atoms with van der Waals surface area (Å²) in [5.41, 5.74) is 2.18. The predicted molar refractivity (Wildman–Crippen MR) is 111 cm³/mol. The molecule has 1 fully saturated rings. The highest BCUT2D eigenvalue weighted by Gasteiger charge is 2.41. The van der Waals surface area contributed by atoms with Crippen molar-refractivity contribution in [3.63, 3.8) is 0 Å². The molecule has 0 spiro atoms. The second-order valence-corrected chi connectivity index (χ2v) is 8.31. The molecule has 2 aromatic heterocycles. The number of nitrogens with zero attached hydrogens (tertiary/aromatic N) is 7. The molecular weight excluding hydrogens is 366 g/mol. The van der Waals surface area contributed by atoms with Crippen molar-refractivity contribution in [2.24, 2.45) is 5.92 Å². The van der Waals surface area contributed by atoms with Crippen molar-refractivity contribution in [1.82, 2.24) is 29.7 Å². The summed E-state index contributed by atoms with van der Waals surface area (Å²) < 4.78 is 3.84. The highest BCUT2D eigenvalue weighted by molar-refractivity contribution is 5.42. The van der Waals surface area contributed by atoms with Crippen LogP contribution in [0.1, 0.15) is 24.1 Å². The number of fused-ring (bicyclic) bond motifs is 4. The van der Waals surface area contributed by atoms with Crippen LogP contribution >= 0.6 is 0 Å². The van der Waals surface area contributed by atoms with Gasteiger partial charge in [-0.3, -0.25) is 4.79 Å². The maximum atomic E-state index is 12.7. The van der Waals surface area contributed by atoms with E-state index in [1.807, 2.05) is 41.0 Å². The molecule has 150 valence electrons. The zero-order valence-corrected chi connectivity index (χ0v) is 16.7. The third-order valence-corrected chi connectivity index (χ3v) is 6.09. The van der Waals surface area contributed by atoms with Gasteiger partial charge in [-0.25, -0.2) is 0 Å². The Labute approximate surface area is 169 Å². The van der Waals surface area contributed by atoms with Crippen molar-refractivity contribution < 1.29 is 0 Å². The molecule has 8 nitrogen and oxygen atoms in total. The lowest BCUT2D eigenvalue weighted by atomic mass is 9.78. The average molecular weight is 391 g/mol. The number of hydrogen-bond acceptors (Lipinski definition) is 6. The van der Waals surface area contributed by atoms with Gasteiger partial charge in [0.05, 0.1) is 11.7 Å². The quantitative estimate of drug-likeness (QED) is 0.672. The van der Waals surface area contributed by atoms with Crippen LogP contribution in [-0.2, 0) is 0 Å². The lowest BCUT2D eigenvalue weighted by molar-refractivity contribution is 0.173. The largest absolute Gasteiger partial charge is 0.338 e. The lowest BCUT2D eigenvalue weighted by Gasteiger charge is -2.47. The summed E-state index contributed by atoms with van der Waals surface area (Å²) in [6, 6.07) is 15.8. The molecule has 2 aliphatic heterocycles. The number of aromatic nitrogens is 5. The molecule has 0 aliphatic carbocycles. The molecule has 2 aliphatic rings. The second kappa shape index (κ2) is 7.11. The molecule has 2 bridgehead atoms. The van der Waals surface area contributed by atoms with E-state index in [1.165, 1.54) is 0 Å². The molecule has 0 amide bonds. The third-order valence-electron chi connectivity index (χ3n) is 6.09. The summed E-state index contributed by atoms with van der Waals surface area (Å²) >= 11 is 0. The van der Waals surface area contributed by atoms with Gasteiger partial charge >= 0.3 is 0 Å². The molecule has 0 unspecified atom stereocenters. The van der Waals surface area contributed by atoms with Gasteiger partial charge in [-0.05, 0) is 55.1 Å². The van der Waals surface area contributed by atoms with Crippen molar-refractivity contribution >= 4 is 5.95 Å². The zero-order chi connectivity index (χ0) is 20.0. The van der Waals surface area contributed by atoms with Gasteiger partial charge in [-0.15, -0.1) is 0 Å². The maximum Gasteiger partial charge on any atom is 0.251 e. The maximum absolute atomic E-state index is 12.7. The van der Waals surface area contributed by atoms with E-state index in [0.29, 0.717) is 11.8 Å². The lowest BCUT2D eigenvalue weighted by Crippen LogP contribution is -2.52. The first-order valence-electron chi connectivity index (χ1n) is 10.1. The summed E-state index contributed by atoms with van der Waals surface area (Å²) in [6.07, 6.45) is 1.09. The second-order valence-electron chi connectivity index (χ2n) is 8.31. The fourth-order valence-electron chi connectivity index (χ4n) is 4.93. The van der Waals surface area contributed by atoms with Crippen molar-refractivity contribution in [2.45, 2.75) is 18.4 Å². The van der Waals surface area contributed by atoms with Gasteiger partial charge in [-0.1, -0.05) is 29.4 Å². The first-order chi connectivity index (χ1) is 14.1. The van der Waals surface area contributed by atoms with Gasteiger partial charge in [0, 0.05) is 37.3 Å².